The van der Waals surface area contributed by atoms with Crippen molar-refractivity contribution >= 4 is 23.9 Å². The molecule has 0 amide bonds. The lowest BCUT2D eigenvalue weighted by Crippen LogP contribution is -2.20. The summed E-state index contributed by atoms with van der Waals surface area (Å²) in [7, 11) is -3.48. The predicted molar refractivity (Wildman–Crippen MR) is 105 cm³/mol. The van der Waals surface area contributed by atoms with Gasteiger partial charge in [-0.2, -0.15) is 0 Å². The minimum atomic E-state index is -3.48. The molecular weight excluding hydrogens is 347 g/mol. The van der Waals surface area contributed by atoms with Crippen LogP contribution in [-0.2, 0) is 14.1 Å². The molecule has 2 aromatic carbocycles. The van der Waals surface area contributed by atoms with Crippen LogP contribution in [0, 0.1) is 13.8 Å². The molecule has 0 bridgehead atoms. The predicted octanol–water partition coefficient (Wildman–Crippen LogP) is 4.47. The fourth-order valence-electron chi connectivity index (χ4n) is 2.92. The maximum absolute atomic E-state index is 13.9. The molecule has 26 heavy (non-hydrogen) atoms. The van der Waals surface area contributed by atoms with Crippen LogP contribution in [0.25, 0.3) is 0 Å². The van der Waals surface area contributed by atoms with Gasteiger partial charge in [0.25, 0.3) is 0 Å². The van der Waals surface area contributed by atoms with Crippen LogP contribution in [0.15, 0.2) is 48.5 Å². The van der Waals surface area contributed by atoms with Crippen LogP contribution >= 0.6 is 7.14 Å². The Labute approximate surface area is 154 Å². The summed E-state index contributed by atoms with van der Waals surface area (Å²) < 4.78 is 19.0. The summed E-state index contributed by atoms with van der Waals surface area (Å²) in [6.45, 7) is 7.19. The number of carbonyl (C=O) groups excluding carboxylic acids is 2. The maximum atomic E-state index is 13.9. The molecule has 138 valence electrons. The van der Waals surface area contributed by atoms with E-state index < -0.39 is 18.6 Å². The number of esters is 1. The zero-order chi connectivity index (χ0) is 19.3. The molecule has 1 unspecified atom stereocenters. The van der Waals surface area contributed by atoms with Crippen LogP contribution in [0.2, 0.25) is 0 Å². The lowest BCUT2D eigenvalue weighted by atomic mass is 10.0. The summed E-state index contributed by atoms with van der Waals surface area (Å²) in [6, 6.07) is 14.3. The van der Waals surface area contributed by atoms with Gasteiger partial charge in [0.15, 0.2) is 7.14 Å². The first-order chi connectivity index (χ1) is 12.3. The van der Waals surface area contributed by atoms with E-state index in [1.807, 2.05) is 38.1 Å². The molecule has 0 aromatic heterocycles. The highest BCUT2D eigenvalue weighted by molar-refractivity contribution is 7.87. The SMILES string of the molecule is Cc1cccc(C)c1C(=O)P(=O)(CCC(=O)OC(C)C)c1ccccc1. The molecule has 0 saturated carbocycles. The molecular formula is C21H25O4P. The van der Waals surface area contributed by atoms with Crippen LogP contribution in [0.3, 0.4) is 0 Å². The Morgan fingerprint density at radius 1 is 0.962 bits per heavy atom. The monoisotopic (exact) mass is 372 g/mol. The summed E-state index contributed by atoms with van der Waals surface area (Å²) in [5.41, 5.74) is 1.67. The number of aryl methyl sites for hydroxylation is 2. The summed E-state index contributed by atoms with van der Waals surface area (Å²) in [6.07, 6.45) is -0.330. The van der Waals surface area contributed by atoms with E-state index in [9.17, 15) is 14.2 Å². The first-order valence-corrected chi connectivity index (χ1v) is 10.6. The molecule has 0 aliphatic heterocycles. The average Bonchev–Trinajstić information content (AvgIpc) is 2.59. The fraction of sp³-hybridized carbons (Fsp3) is 0.333. The van der Waals surface area contributed by atoms with Crippen molar-refractivity contribution in [2.75, 3.05) is 6.16 Å². The smallest absolute Gasteiger partial charge is 0.306 e. The van der Waals surface area contributed by atoms with Gasteiger partial charge in [-0.1, -0.05) is 48.5 Å². The van der Waals surface area contributed by atoms with Gasteiger partial charge in [-0.15, -0.1) is 0 Å². The number of carbonyl (C=O) groups is 2. The number of hydrogen-bond acceptors (Lipinski definition) is 4. The quantitative estimate of drug-likeness (QED) is 0.531. The van der Waals surface area contributed by atoms with Gasteiger partial charge in [0.05, 0.1) is 12.5 Å². The van der Waals surface area contributed by atoms with Crippen molar-refractivity contribution in [1.29, 1.82) is 0 Å². The van der Waals surface area contributed by atoms with Crippen molar-refractivity contribution < 1.29 is 18.9 Å². The van der Waals surface area contributed by atoms with Gasteiger partial charge in [0, 0.05) is 17.0 Å². The Morgan fingerprint density at radius 3 is 2.08 bits per heavy atom. The van der Waals surface area contributed by atoms with E-state index in [1.165, 1.54) is 0 Å². The Hall–Kier alpha value is -2.19. The Morgan fingerprint density at radius 2 is 1.54 bits per heavy atom. The van der Waals surface area contributed by atoms with Crippen LogP contribution in [0.5, 0.6) is 0 Å². The third-order valence-corrected chi connectivity index (χ3v) is 7.06. The number of rotatable bonds is 7. The summed E-state index contributed by atoms with van der Waals surface area (Å²) in [5, 5.41) is 0.477. The van der Waals surface area contributed by atoms with Crippen molar-refractivity contribution in [3.63, 3.8) is 0 Å². The summed E-state index contributed by atoms with van der Waals surface area (Å²) >= 11 is 0. The number of ether oxygens (including phenoxy) is 1. The summed E-state index contributed by atoms with van der Waals surface area (Å²) in [5.74, 6) is -0.439. The first-order valence-electron chi connectivity index (χ1n) is 8.71. The molecule has 0 aliphatic rings. The van der Waals surface area contributed by atoms with E-state index >= 15 is 0 Å². The molecule has 0 heterocycles. The zero-order valence-corrected chi connectivity index (χ0v) is 16.6. The number of benzene rings is 2. The van der Waals surface area contributed by atoms with E-state index in [4.69, 9.17) is 4.74 Å². The van der Waals surface area contributed by atoms with Gasteiger partial charge in [0.1, 0.15) is 0 Å². The van der Waals surface area contributed by atoms with Gasteiger partial charge >= 0.3 is 5.97 Å². The Bertz CT molecular complexity index is 820. The third-order valence-electron chi connectivity index (χ3n) is 4.19. The highest BCUT2D eigenvalue weighted by Gasteiger charge is 2.36. The normalized spacial score (nSPS) is 13.3. The highest BCUT2D eigenvalue weighted by atomic mass is 31.2. The van der Waals surface area contributed by atoms with E-state index in [-0.39, 0.29) is 18.7 Å². The van der Waals surface area contributed by atoms with Crippen molar-refractivity contribution in [2.45, 2.75) is 40.2 Å². The molecule has 4 nitrogen and oxygen atoms in total. The van der Waals surface area contributed by atoms with E-state index in [0.29, 0.717) is 10.9 Å². The van der Waals surface area contributed by atoms with Crippen molar-refractivity contribution in [3.05, 3.63) is 65.2 Å². The minimum absolute atomic E-state index is 0.0326. The van der Waals surface area contributed by atoms with Crippen molar-refractivity contribution in [3.8, 4) is 0 Å². The van der Waals surface area contributed by atoms with E-state index in [0.717, 1.165) is 11.1 Å². The van der Waals surface area contributed by atoms with Crippen molar-refractivity contribution in [1.82, 2.24) is 0 Å². The van der Waals surface area contributed by atoms with E-state index in [2.05, 4.69) is 0 Å². The van der Waals surface area contributed by atoms with Gasteiger partial charge in [0.2, 0.25) is 5.52 Å². The van der Waals surface area contributed by atoms with Gasteiger partial charge in [-0.05, 0) is 38.8 Å². The molecule has 0 radical (unpaired) electrons. The summed E-state index contributed by atoms with van der Waals surface area (Å²) in [4.78, 5) is 25.3. The third kappa shape index (κ3) is 4.50. The average molecular weight is 372 g/mol. The molecule has 5 heteroatoms. The topological polar surface area (TPSA) is 60.4 Å². The maximum Gasteiger partial charge on any atom is 0.306 e. The lowest BCUT2D eigenvalue weighted by molar-refractivity contribution is -0.146. The van der Waals surface area contributed by atoms with Gasteiger partial charge < -0.3 is 9.30 Å². The van der Waals surface area contributed by atoms with Gasteiger partial charge in [-0.25, -0.2) is 0 Å². The first kappa shape index (κ1) is 20.1. The highest BCUT2D eigenvalue weighted by Crippen LogP contribution is 2.49. The molecule has 2 aromatic rings. The Balaban J connectivity index is 2.43. The minimum Gasteiger partial charge on any atom is -0.463 e. The molecule has 0 spiro atoms. The Kier molecular flexibility index (Phi) is 6.55. The van der Waals surface area contributed by atoms with Gasteiger partial charge in [-0.3, -0.25) is 9.59 Å². The molecule has 0 N–H and O–H groups in total. The van der Waals surface area contributed by atoms with Crippen molar-refractivity contribution in [2.24, 2.45) is 0 Å². The zero-order valence-electron chi connectivity index (χ0n) is 15.7. The largest absolute Gasteiger partial charge is 0.463 e. The molecule has 1 atom stereocenters. The van der Waals surface area contributed by atoms with Crippen LogP contribution in [-0.4, -0.2) is 23.8 Å². The second-order valence-corrected chi connectivity index (χ2v) is 9.51. The van der Waals surface area contributed by atoms with E-state index in [1.54, 1.807) is 38.1 Å². The lowest BCUT2D eigenvalue weighted by Gasteiger charge is -2.20. The van der Waals surface area contributed by atoms with Crippen LogP contribution in [0.1, 0.15) is 41.8 Å². The second kappa shape index (κ2) is 8.46. The molecule has 2 rings (SSSR count). The van der Waals surface area contributed by atoms with Crippen LogP contribution < -0.4 is 5.30 Å². The fourth-order valence-corrected chi connectivity index (χ4v) is 5.48. The second-order valence-electron chi connectivity index (χ2n) is 6.66. The van der Waals surface area contributed by atoms with Crippen LogP contribution in [0.4, 0.5) is 0 Å². The number of hydrogen-bond donors (Lipinski definition) is 0. The standard InChI is InChI=1S/C21H25O4P/c1-15(2)25-19(22)13-14-26(24,18-11-6-5-7-12-18)21(23)20-16(3)9-8-10-17(20)4/h5-12,15H,13-14H2,1-4H3. The molecule has 0 aliphatic carbocycles. The molecule has 0 fully saturated rings. The molecule has 0 saturated heterocycles.